The summed E-state index contributed by atoms with van der Waals surface area (Å²) in [4.78, 5) is 24.9. The molecular formula is C35H49N3O11S. The predicted molar refractivity (Wildman–Crippen MR) is 181 cm³/mol. The number of benzene rings is 2. The maximum atomic E-state index is 14.3. The number of aliphatic hydroxyl groups excluding tert-OH is 1. The summed E-state index contributed by atoms with van der Waals surface area (Å²) < 4.78 is 62.8. The molecule has 2 saturated heterocycles. The molecule has 0 radical (unpaired) electrons. The van der Waals surface area contributed by atoms with Crippen LogP contribution in [-0.4, -0.2) is 101 Å². The minimum Gasteiger partial charge on any atom is -0.454 e. The summed E-state index contributed by atoms with van der Waals surface area (Å²) in [5, 5.41) is 17.2. The average Bonchev–Trinajstić information content (AvgIpc) is 3.83. The second-order valence-electron chi connectivity index (χ2n) is 13.6. The van der Waals surface area contributed by atoms with E-state index in [2.05, 4.69) is 10.6 Å². The number of carbonyl (C=O) groups excluding carboxylic acids is 2. The van der Waals surface area contributed by atoms with Crippen molar-refractivity contribution in [2.24, 2.45) is 11.3 Å². The summed E-state index contributed by atoms with van der Waals surface area (Å²) in [6.07, 6.45) is -0.598. The van der Waals surface area contributed by atoms with Crippen molar-refractivity contribution >= 4 is 22.2 Å². The van der Waals surface area contributed by atoms with Gasteiger partial charge in [0.2, 0.25) is 16.8 Å². The quantitative estimate of drug-likeness (QED) is 0.203. The summed E-state index contributed by atoms with van der Waals surface area (Å²) in [7, 11) is -4.18. The Kier molecular flexibility index (Phi) is 12.8. The molecule has 3 aliphatic heterocycles. The first-order valence-electron chi connectivity index (χ1n) is 17.2. The van der Waals surface area contributed by atoms with Gasteiger partial charge in [-0.15, -0.1) is 0 Å². The van der Waals surface area contributed by atoms with Crippen molar-refractivity contribution in [3.63, 3.8) is 0 Å². The van der Waals surface area contributed by atoms with Crippen molar-refractivity contribution in [1.82, 2.24) is 14.9 Å². The van der Waals surface area contributed by atoms with Crippen molar-refractivity contribution in [2.75, 3.05) is 46.2 Å². The third-order valence-electron chi connectivity index (χ3n) is 9.09. The normalized spacial score (nSPS) is 21.0. The largest absolute Gasteiger partial charge is 0.454 e. The molecule has 0 unspecified atom stereocenters. The molecule has 0 aliphatic carbocycles. The van der Waals surface area contributed by atoms with E-state index >= 15 is 0 Å². The van der Waals surface area contributed by atoms with Crippen LogP contribution in [0, 0.1) is 11.3 Å². The van der Waals surface area contributed by atoms with Crippen LogP contribution in [0.4, 0.5) is 9.59 Å². The zero-order valence-electron chi connectivity index (χ0n) is 28.9. The number of ether oxygens (including phenoxy) is 6. The van der Waals surface area contributed by atoms with Crippen LogP contribution < -0.4 is 20.1 Å². The van der Waals surface area contributed by atoms with Crippen molar-refractivity contribution in [3.05, 3.63) is 54.1 Å². The molecule has 2 amide bonds. The van der Waals surface area contributed by atoms with Gasteiger partial charge in [-0.25, -0.2) is 18.0 Å². The number of nitrogens with zero attached hydrogens (tertiary/aromatic N) is 1. The van der Waals surface area contributed by atoms with Gasteiger partial charge in [0.25, 0.3) is 0 Å². The number of aliphatic hydroxyl groups is 1. The number of alkyl carbamates (subject to hydrolysis) is 2. The first kappa shape index (κ1) is 37.6. The summed E-state index contributed by atoms with van der Waals surface area (Å²) >= 11 is 0. The fraction of sp³-hybridized carbons (Fsp3) is 0.600. The molecule has 0 aromatic heterocycles. The number of amides is 2. The van der Waals surface area contributed by atoms with Gasteiger partial charge in [0.05, 0.1) is 42.8 Å². The van der Waals surface area contributed by atoms with Gasteiger partial charge in [-0.2, -0.15) is 4.31 Å². The summed E-state index contributed by atoms with van der Waals surface area (Å²) in [5.74, 6) is 0.692. The predicted octanol–water partition coefficient (Wildman–Crippen LogP) is 3.81. The van der Waals surface area contributed by atoms with Gasteiger partial charge in [-0.3, -0.25) is 0 Å². The number of nitrogens with one attached hydrogen (secondary N) is 2. The van der Waals surface area contributed by atoms with Gasteiger partial charge in [0.15, 0.2) is 17.8 Å². The van der Waals surface area contributed by atoms with Gasteiger partial charge >= 0.3 is 12.2 Å². The molecular weight excluding hydrogens is 670 g/mol. The van der Waals surface area contributed by atoms with E-state index in [4.69, 9.17) is 28.4 Å². The monoisotopic (exact) mass is 719 g/mol. The smallest absolute Gasteiger partial charge is 0.407 e. The summed E-state index contributed by atoms with van der Waals surface area (Å²) in [5.41, 5.74) is 0.295. The molecule has 0 saturated carbocycles. The van der Waals surface area contributed by atoms with Gasteiger partial charge in [-0.1, -0.05) is 44.2 Å². The van der Waals surface area contributed by atoms with E-state index in [1.54, 1.807) is 13.0 Å². The third kappa shape index (κ3) is 10.00. The summed E-state index contributed by atoms with van der Waals surface area (Å²) in [6, 6.07) is 12.8. The number of hydrogen-bond donors (Lipinski definition) is 3. The highest BCUT2D eigenvalue weighted by Crippen LogP contribution is 2.36. The lowest BCUT2D eigenvalue weighted by Crippen LogP contribution is -2.52. The van der Waals surface area contributed by atoms with E-state index in [0.29, 0.717) is 50.3 Å². The molecule has 0 bridgehead atoms. The highest BCUT2D eigenvalue weighted by molar-refractivity contribution is 7.89. The second kappa shape index (κ2) is 17.1. The lowest BCUT2D eigenvalue weighted by atomic mass is 9.87. The number of unbranched alkanes of at least 4 members (excludes halogenated alkanes) is 1. The Morgan fingerprint density at radius 2 is 1.84 bits per heavy atom. The van der Waals surface area contributed by atoms with Crippen LogP contribution in [0.25, 0.3) is 0 Å². The van der Waals surface area contributed by atoms with Crippen LogP contribution in [0.3, 0.4) is 0 Å². The molecule has 5 atom stereocenters. The topological polar surface area (TPSA) is 171 Å². The third-order valence-corrected chi connectivity index (χ3v) is 10.9. The zero-order valence-corrected chi connectivity index (χ0v) is 29.7. The highest BCUT2D eigenvalue weighted by Gasteiger charge is 2.44. The Balaban J connectivity index is 1.32. The Bertz CT molecular complexity index is 1540. The minimum absolute atomic E-state index is 0.0115. The van der Waals surface area contributed by atoms with Crippen LogP contribution in [-0.2, 0) is 35.4 Å². The first-order chi connectivity index (χ1) is 23.9. The van der Waals surface area contributed by atoms with Crippen LogP contribution >= 0.6 is 0 Å². The van der Waals surface area contributed by atoms with E-state index in [0.717, 1.165) is 5.56 Å². The molecule has 5 rings (SSSR count). The molecule has 3 N–H and O–H groups in total. The highest BCUT2D eigenvalue weighted by atomic mass is 32.2. The first-order valence-corrected chi connectivity index (χ1v) is 18.6. The van der Waals surface area contributed by atoms with Crippen LogP contribution in [0.15, 0.2) is 53.4 Å². The maximum absolute atomic E-state index is 14.3. The molecule has 3 aliphatic rings. The molecule has 50 heavy (non-hydrogen) atoms. The van der Waals surface area contributed by atoms with Crippen LogP contribution in [0.5, 0.6) is 11.5 Å². The molecule has 3 heterocycles. The fourth-order valence-corrected chi connectivity index (χ4v) is 8.08. The maximum Gasteiger partial charge on any atom is 0.407 e. The van der Waals surface area contributed by atoms with E-state index in [-0.39, 0.29) is 50.3 Å². The fourth-order valence-electron chi connectivity index (χ4n) is 6.41. The average molecular weight is 720 g/mol. The van der Waals surface area contributed by atoms with E-state index < -0.39 is 52.2 Å². The molecule has 0 spiro atoms. The van der Waals surface area contributed by atoms with Crippen molar-refractivity contribution in [2.45, 2.75) is 82.3 Å². The molecule has 276 valence electrons. The number of carbonyl (C=O) groups is 2. The molecule has 2 aromatic rings. The Labute approximate surface area is 293 Å². The Hall–Kier alpha value is -3.63. The van der Waals surface area contributed by atoms with E-state index in [1.807, 2.05) is 44.2 Å². The summed E-state index contributed by atoms with van der Waals surface area (Å²) in [6.45, 7) is 6.89. The van der Waals surface area contributed by atoms with Gasteiger partial charge in [0.1, 0.15) is 6.10 Å². The Morgan fingerprint density at radius 3 is 2.62 bits per heavy atom. The van der Waals surface area contributed by atoms with Crippen LogP contribution in [0.2, 0.25) is 0 Å². The van der Waals surface area contributed by atoms with Gasteiger partial charge in [0, 0.05) is 25.7 Å². The lowest BCUT2D eigenvalue weighted by Gasteiger charge is -2.35. The standard InChI is InChI=1S/C35H49N3O11S/c1-4-36-33(40)45-16-9-8-15-35(2,3)22-38(50(42,43)25-12-13-29-30(19-25)48-23-47-29)20-28(39)27(18-24-10-6-5-7-11-24)37-34(41)49-31-21-46-32-26(31)14-17-44-32/h5-7,10-13,19,26-28,31-32,39H,4,8-9,14-18,20-23H2,1-3H3,(H,36,40)(H,37,41)/t26-,27-,28+,31-,32+/m0/s1. The van der Waals surface area contributed by atoms with Crippen LogP contribution in [0.1, 0.15) is 52.0 Å². The molecule has 2 fully saturated rings. The minimum atomic E-state index is -4.18. The van der Waals surface area contributed by atoms with E-state index in [1.165, 1.54) is 16.4 Å². The zero-order chi connectivity index (χ0) is 35.7. The number of hydrogen-bond acceptors (Lipinski definition) is 11. The van der Waals surface area contributed by atoms with Crippen molar-refractivity contribution in [3.8, 4) is 11.5 Å². The molecule has 14 nitrogen and oxygen atoms in total. The lowest BCUT2D eigenvalue weighted by molar-refractivity contribution is -0.0907. The number of rotatable bonds is 17. The number of sulfonamides is 1. The number of fused-ring (bicyclic) bond motifs is 2. The van der Waals surface area contributed by atoms with Crippen molar-refractivity contribution < 1.29 is 51.5 Å². The molecule has 2 aromatic carbocycles. The second-order valence-corrected chi connectivity index (χ2v) is 15.5. The van der Waals surface area contributed by atoms with Crippen molar-refractivity contribution in [1.29, 1.82) is 0 Å². The van der Waals surface area contributed by atoms with Gasteiger partial charge in [-0.05, 0) is 62.1 Å². The Morgan fingerprint density at radius 1 is 1.06 bits per heavy atom. The van der Waals surface area contributed by atoms with Gasteiger partial charge < -0.3 is 44.2 Å². The SMILES string of the molecule is CCNC(=O)OCCCCC(C)(C)CN(C[C@@H](O)[C@H](Cc1ccccc1)NC(=O)O[C@H]1CO[C@H]2OCC[C@H]21)S(=O)(=O)c1ccc2c(c1)OCO2. The van der Waals surface area contributed by atoms with E-state index in [9.17, 15) is 23.1 Å². The molecule has 15 heteroatoms.